The Morgan fingerprint density at radius 2 is 1.77 bits per heavy atom. The molecule has 2 aromatic rings. The maximum atomic E-state index is 12.7. The fourth-order valence-electron chi connectivity index (χ4n) is 3.52. The maximum Gasteiger partial charge on any atom is 0.182 e. The molecule has 0 radical (unpaired) electrons. The molecule has 2 aliphatic rings. The summed E-state index contributed by atoms with van der Waals surface area (Å²) in [6, 6.07) is 17.4. The van der Waals surface area contributed by atoms with E-state index >= 15 is 0 Å². The number of fused-ring (bicyclic) bond motifs is 1. The van der Waals surface area contributed by atoms with Crippen LogP contribution in [0.4, 0.5) is 0 Å². The molecule has 0 amide bonds. The third kappa shape index (κ3) is 3.40. The monoisotopic (exact) mass is 364 g/mol. The molecular weight excluding hydrogens is 344 g/mol. The SMILES string of the molecule is O=C(CN1C=C(c2ccc(Cl)cc2)N2CCCCC=C12)c1ccccc1. The van der Waals surface area contributed by atoms with Crippen LogP contribution < -0.4 is 0 Å². The van der Waals surface area contributed by atoms with Gasteiger partial charge < -0.3 is 9.80 Å². The second-order valence-electron chi connectivity index (χ2n) is 6.65. The molecule has 2 aliphatic heterocycles. The highest BCUT2D eigenvalue weighted by Crippen LogP contribution is 2.35. The third-order valence-electron chi connectivity index (χ3n) is 4.85. The van der Waals surface area contributed by atoms with Crippen molar-refractivity contribution in [3.63, 3.8) is 0 Å². The lowest BCUT2D eigenvalue weighted by Gasteiger charge is -2.25. The summed E-state index contributed by atoms with van der Waals surface area (Å²) in [7, 11) is 0. The van der Waals surface area contributed by atoms with Crippen LogP contribution in [0, 0.1) is 0 Å². The van der Waals surface area contributed by atoms with E-state index < -0.39 is 0 Å². The second-order valence-corrected chi connectivity index (χ2v) is 7.08. The van der Waals surface area contributed by atoms with Gasteiger partial charge in [-0.05, 0) is 43.0 Å². The zero-order valence-electron chi connectivity index (χ0n) is 14.6. The predicted molar refractivity (Wildman–Crippen MR) is 106 cm³/mol. The molecule has 0 fully saturated rings. The van der Waals surface area contributed by atoms with Crippen LogP contribution in [0.1, 0.15) is 35.2 Å². The fourth-order valence-corrected chi connectivity index (χ4v) is 3.64. The second kappa shape index (κ2) is 7.38. The van der Waals surface area contributed by atoms with Crippen molar-refractivity contribution in [1.29, 1.82) is 0 Å². The van der Waals surface area contributed by atoms with E-state index in [0.29, 0.717) is 6.54 Å². The summed E-state index contributed by atoms with van der Waals surface area (Å²) in [6.07, 6.45) is 7.72. The van der Waals surface area contributed by atoms with Gasteiger partial charge in [-0.25, -0.2) is 0 Å². The fraction of sp³-hybridized carbons (Fsp3) is 0.227. The molecule has 0 N–H and O–H groups in total. The Hall–Kier alpha value is -2.52. The van der Waals surface area contributed by atoms with Crippen LogP contribution in [-0.2, 0) is 0 Å². The Kier molecular flexibility index (Phi) is 4.81. The first kappa shape index (κ1) is 16.9. The van der Waals surface area contributed by atoms with Crippen molar-refractivity contribution >= 4 is 23.1 Å². The number of rotatable bonds is 4. The number of Topliss-reactive ketones (excluding diaryl/α,β-unsaturated/α-hetero) is 1. The van der Waals surface area contributed by atoms with Gasteiger partial charge in [-0.15, -0.1) is 0 Å². The minimum Gasteiger partial charge on any atom is -0.326 e. The molecule has 132 valence electrons. The van der Waals surface area contributed by atoms with Crippen LogP contribution in [0.25, 0.3) is 5.70 Å². The zero-order valence-corrected chi connectivity index (χ0v) is 15.3. The average Bonchev–Trinajstić information content (AvgIpc) is 2.84. The van der Waals surface area contributed by atoms with E-state index in [-0.39, 0.29) is 5.78 Å². The Morgan fingerprint density at radius 3 is 2.54 bits per heavy atom. The summed E-state index contributed by atoms with van der Waals surface area (Å²) in [5, 5.41) is 0.732. The summed E-state index contributed by atoms with van der Waals surface area (Å²) in [4.78, 5) is 17.1. The van der Waals surface area contributed by atoms with E-state index in [2.05, 4.69) is 22.1 Å². The minimum absolute atomic E-state index is 0.129. The van der Waals surface area contributed by atoms with Crippen LogP contribution in [0.15, 0.2) is 72.7 Å². The standard InChI is InChI=1S/C22H21ClN2O/c23-19-12-10-17(11-13-19)20-15-24(22-9-5-2-6-14-25(20)22)16-21(26)18-7-3-1-4-8-18/h1,3-4,7-13,15H,2,5-6,14,16H2. The van der Waals surface area contributed by atoms with Crippen molar-refractivity contribution in [2.24, 2.45) is 0 Å². The van der Waals surface area contributed by atoms with Gasteiger partial charge in [0.25, 0.3) is 0 Å². The molecule has 0 saturated carbocycles. The summed E-state index contributed by atoms with van der Waals surface area (Å²) in [5.41, 5.74) is 3.01. The molecule has 0 atom stereocenters. The van der Waals surface area contributed by atoms with Gasteiger partial charge in [0.15, 0.2) is 5.78 Å². The first-order valence-corrected chi connectivity index (χ1v) is 9.40. The lowest BCUT2D eigenvalue weighted by molar-refractivity contribution is 0.0962. The number of hydrogen-bond acceptors (Lipinski definition) is 3. The Labute approximate surface area is 159 Å². The lowest BCUT2D eigenvalue weighted by atomic mass is 10.1. The van der Waals surface area contributed by atoms with Crippen LogP contribution in [0.2, 0.25) is 5.02 Å². The van der Waals surface area contributed by atoms with Crippen molar-refractivity contribution in [1.82, 2.24) is 9.80 Å². The molecule has 0 aromatic heterocycles. The van der Waals surface area contributed by atoms with Crippen LogP contribution in [0.3, 0.4) is 0 Å². The molecule has 4 heteroatoms. The number of hydrogen-bond donors (Lipinski definition) is 0. The first-order chi connectivity index (χ1) is 12.7. The van der Waals surface area contributed by atoms with Gasteiger partial charge in [-0.3, -0.25) is 4.79 Å². The van der Waals surface area contributed by atoms with E-state index in [9.17, 15) is 4.79 Å². The normalized spacial score (nSPS) is 16.7. The minimum atomic E-state index is 0.129. The molecular formula is C22H21ClN2O. The number of carbonyl (C=O) groups excluding carboxylic acids is 1. The largest absolute Gasteiger partial charge is 0.326 e. The van der Waals surface area contributed by atoms with Gasteiger partial charge in [-0.1, -0.05) is 54.1 Å². The molecule has 0 spiro atoms. The number of halogens is 1. The molecule has 0 saturated heterocycles. The van der Waals surface area contributed by atoms with Gasteiger partial charge in [-0.2, -0.15) is 0 Å². The number of allylic oxidation sites excluding steroid dienone is 1. The molecule has 0 aliphatic carbocycles. The van der Waals surface area contributed by atoms with Crippen molar-refractivity contribution in [3.8, 4) is 0 Å². The maximum absolute atomic E-state index is 12.7. The first-order valence-electron chi connectivity index (χ1n) is 9.03. The molecule has 0 unspecified atom stereocenters. The van der Waals surface area contributed by atoms with Crippen LogP contribution in [-0.4, -0.2) is 28.7 Å². The van der Waals surface area contributed by atoms with Crippen molar-refractivity contribution < 1.29 is 4.79 Å². The number of carbonyl (C=O) groups is 1. The zero-order chi connectivity index (χ0) is 17.9. The Balaban J connectivity index is 1.65. The number of nitrogens with zero attached hydrogens (tertiary/aromatic N) is 2. The highest BCUT2D eigenvalue weighted by molar-refractivity contribution is 6.30. The highest BCUT2D eigenvalue weighted by Gasteiger charge is 2.29. The molecule has 3 nitrogen and oxygen atoms in total. The van der Waals surface area contributed by atoms with E-state index in [1.165, 1.54) is 6.42 Å². The quantitative estimate of drug-likeness (QED) is 0.700. The molecule has 2 heterocycles. The smallest absolute Gasteiger partial charge is 0.182 e. The van der Waals surface area contributed by atoms with Gasteiger partial charge in [0.1, 0.15) is 5.82 Å². The molecule has 26 heavy (non-hydrogen) atoms. The summed E-state index contributed by atoms with van der Waals surface area (Å²) >= 11 is 6.05. The van der Waals surface area contributed by atoms with E-state index in [1.54, 1.807) is 0 Å². The van der Waals surface area contributed by atoms with Crippen molar-refractivity contribution in [2.75, 3.05) is 13.1 Å². The number of benzene rings is 2. The molecule has 2 aromatic carbocycles. The van der Waals surface area contributed by atoms with Crippen molar-refractivity contribution in [2.45, 2.75) is 19.3 Å². The topological polar surface area (TPSA) is 23.6 Å². The van der Waals surface area contributed by atoms with Crippen LogP contribution in [0.5, 0.6) is 0 Å². The van der Waals surface area contributed by atoms with E-state index in [4.69, 9.17) is 11.6 Å². The summed E-state index contributed by atoms with van der Waals surface area (Å²) < 4.78 is 0. The molecule has 0 bridgehead atoms. The Morgan fingerprint density at radius 1 is 1.00 bits per heavy atom. The lowest BCUT2D eigenvalue weighted by Crippen LogP contribution is -2.28. The van der Waals surface area contributed by atoms with Gasteiger partial charge in [0.2, 0.25) is 0 Å². The van der Waals surface area contributed by atoms with E-state index in [0.717, 1.165) is 47.1 Å². The number of ketones is 1. The van der Waals surface area contributed by atoms with Crippen molar-refractivity contribution in [3.05, 3.63) is 88.8 Å². The third-order valence-corrected chi connectivity index (χ3v) is 5.10. The average molecular weight is 365 g/mol. The van der Waals surface area contributed by atoms with Gasteiger partial charge in [0.05, 0.1) is 12.2 Å². The Bertz CT molecular complexity index is 855. The summed E-state index contributed by atoms with van der Waals surface area (Å²) in [6.45, 7) is 1.32. The van der Waals surface area contributed by atoms with Gasteiger partial charge in [0, 0.05) is 23.3 Å². The highest BCUT2D eigenvalue weighted by atomic mass is 35.5. The van der Waals surface area contributed by atoms with Gasteiger partial charge >= 0.3 is 0 Å². The van der Waals surface area contributed by atoms with Crippen LogP contribution >= 0.6 is 11.6 Å². The predicted octanol–water partition coefficient (Wildman–Crippen LogP) is 5.16. The molecule has 4 rings (SSSR count). The van der Waals surface area contributed by atoms with E-state index in [1.807, 2.05) is 54.6 Å². The summed E-state index contributed by atoms with van der Waals surface area (Å²) in [5.74, 6) is 1.25.